The molecule has 0 saturated carbocycles. The molecule has 0 saturated heterocycles. The van der Waals surface area contributed by atoms with Gasteiger partial charge in [-0.25, -0.2) is 0 Å². The number of ether oxygens (including phenoxy) is 1. The quantitative estimate of drug-likeness (QED) is 0.611. The average molecular weight is 284 g/mol. The molecule has 0 spiro atoms. The maximum Gasteiger partial charge on any atom is 0.453 e. The van der Waals surface area contributed by atoms with Crippen LogP contribution in [0.25, 0.3) is 0 Å². The Morgan fingerprint density at radius 3 is 2.11 bits per heavy atom. The predicted molar refractivity (Wildman–Crippen MR) is 59.7 cm³/mol. The molecule has 0 aliphatic carbocycles. The predicted octanol–water partition coefficient (Wildman–Crippen LogP) is 3.97. The molecule has 0 unspecified atom stereocenters. The van der Waals surface area contributed by atoms with Gasteiger partial charge in [0.2, 0.25) is 0 Å². The van der Waals surface area contributed by atoms with Gasteiger partial charge in [-0.3, -0.25) is 0 Å². The van der Waals surface area contributed by atoms with Crippen LogP contribution >= 0.6 is 12.2 Å². The summed E-state index contributed by atoms with van der Waals surface area (Å²) in [5, 5.41) is -0.103. The molecule has 0 aromatic heterocycles. The van der Waals surface area contributed by atoms with E-state index in [2.05, 4.69) is 0 Å². The molecule has 0 atom stereocenters. The molecule has 0 heterocycles. The van der Waals surface area contributed by atoms with E-state index in [9.17, 15) is 22.0 Å². The van der Waals surface area contributed by atoms with Crippen molar-refractivity contribution in [2.45, 2.75) is 18.5 Å². The zero-order valence-corrected chi connectivity index (χ0v) is 9.82. The van der Waals surface area contributed by atoms with Crippen LogP contribution in [0.4, 0.5) is 22.0 Å². The van der Waals surface area contributed by atoms with Crippen LogP contribution in [0.2, 0.25) is 0 Å². The van der Waals surface area contributed by atoms with Crippen molar-refractivity contribution in [3.8, 4) is 0 Å². The molecule has 0 radical (unpaired) electrons. The monoisotopic (exact) mass is 284 g/mol. The van der Waals surface area contributed by atoms with Gasteiger partial charge in [0.15, 0.2) is 5.05 Å². The van der Waals surface area contributed by atoms with Gasteiger partial charge < -0.3 is 4.74 Å². The molecule has 0 aliphatic rings. The summed E-state index contributed by atoms with van der Waals surface area (Å²) in [5.41, 5.74) is 0.461. The third kappa shape index (κ3) is 3.90. The normalized spacial score (nSPS) is 12.3. The highest BCUT2D eigenvalue weighted by Gasteiger charge is 2.56. The van der Waals surface area contributed by atoms with E-state index in [1.807, 2.05) is 0 Å². The molecule has 18 heavy (non-hydrogen) atoms. The molecule has 0 N–H and O–H groups in total. The second kappa shape index (κ2) is 5.60. The summed E-state index contributed by atoms with van der Waals surface area (Å²) >= 11 is 4.75. The van der Waals surface area contributed by atoms with E-state index in [4.69, 9.17) is 17.0 Å². The number of halogens is 5. The van der Waals surface area contributed by atoms with Crippen molar-refractivity contribution in [2.75, 3.05) is 6.61 Å². The first-order valence-electron chi connectivity index (χ1n) is 4.91. The number of hydrogen-bond acceptors (Lipinski definition) is 2. The smallest absolute Gasteiger partial charge is 0.453 e. The van der Waals surface area contributed by atoms with Gasteiger partial charge in [-0.1, -0.05) is 30.3 Å². The highest BCUT2D eigenvalue weighted by atomic mass is 32.1. The third-order valence-corrected chi connectivity index (χ3v) is 2.43. The summed E-state index contributed by atoms with van der Waals surface area (Å²) in [6.45, 7) is -0.791. The first-order valence-corrected chi connectivity index (χ1v) is 5.31. The minimum absolute atomic E-state index is 0.103. The van der Waals surface area contributed by atoms with E-state index in [1.54, 1.807) is 30.3 Å². The van der Waals surface area contributed by atoms with Gasteiger partial charge in [0.05, 0.1) is 13.0 Å². The van der Waals surface area contributed by atoms with Crippen LogP contribution in [0.15, 0.2) is 30.3 Å². The second-order valence-corrected chi connectivity index (χ2v) is 3.82. The molecule has 1 aromatic carbocycles. The van der Waals surface area contributed by atoms with Crippen molar-refractivity contribution in [3.63, 3.8) is 0 Å². The molecular formula is C11H9F5OS. The summed E-state index contributed by atoms with van der Waals surface area (Å²) in [4.78, 5) is 0. The van der Waals surface area contributed by atoms with Gasteiger partial charge in [-0.2, -0.15) is 22.0 Å². The number of alkyl halides is 5. The Morgan fingerprint density at radius 1 is 1.06 bits per heavy atom. The van der Waals surface area contributed by atoms with E-state index in [0.717, 1.165) is 0 Å². The van der Waals surface area contributed by atoms with Crippen molar-refractivity contribution in [2.24, 2.45) is 0 Å². The lowest BCUT2D eigenvalue weighted by Gasteiger charge is -2.19. The number of rotatable bonds is 4. The maximum atomic E-state index is 12.5. The van der Waals surface area contributed by atoms with E-state index in [0.29, 0.717) is 5.56 Å². The summed E-state index contributed by atoms with van der Waals surface area (Å²) in [5.74, 6) is -4.76. The Balaban J connectivity index is 2.46. The first-order chi connectivity index (χ1) is 8.24. The summed E-state index contributed by atoms with van der Waals surface area (Å²) in [6, 6.07) is 8.16. The van der Waals surface area contributed by atoms with Crippen molar-refractivity contribution >= 4 is 17.3 Å². The SMILES string of the molecule is FC(F)(F)C(F)(F)CCOC(=S)c1ccccc1. The number of thiocarbonyl (C=S) groups is 1. The molecule has 7 heteroatoms. The van der Waals surface area contributed by atoms with E-state index >= 15 is 0 Å². The van der Waals surface area contributed by atoms with Crippen molar-refractivity contribution in [3.05, 3.63) is 35.9 Å². The maximum absolute atomic E-state index is 12.5. The fraction of sp³-hybridized carbons (Fsp3) is 0.364. The lowest BCUT2D eigenvalue weighted by Crippen LogP contribution is -2.37. The molecule has 0 bridgehead atoms. The molecule has 100 valence electrons. The fourth-order valence-corrected chi connectivity index (χ4v) is 1.29. The molecule has 0 aliphatic heterocycles. The molecular weight excluding hydrogens is 275 g/mol. The first kappa shape index (κ1) is 14.8. The fourth-order valence-electron chi connectivity index (χ4n) is 1.07. The summed E-state index contributed by atoms with van der Waals surface area (Å²) < 4.78 is 65.3. The van der Waals surface area contributed by atoms with Crippen LogP contribution in [0, 0.1) is 0 Å². The van der Waals surface area contributed by atoms with Crippen LogP contribution in [-0.2, 0) is 4.74 Å². The van der Waals surface area contributed by atoms with Crippen LogP contribution < -0.4 is 0 Å². The lowest BCUT2D eigenvalue weighted by molar-refractivity contribution is -0.285. The van der Waals surface area contributed by atoms with Gasteiger partial charge in [0.1, 0.15) is 0 Å². The molecule has 0 amide bonds. The lowest BCUT2D eigenvalue weighted by atomic mass is 10.2. The third-order valence-electron chi connectivity index (χ3n) is 2.07. The summed E-state index contributed by atoms with van der Waals surface area (Å²) in [7, 11) is 0. The van der Waals surface area contributed by atoms with Gasteiger partial charge in [-0.15, -0.1) is 0 Å². The number of benzene rings is 1. The van der Waals surface area contributed by atoms with Crippen LogP contribution in [-0.4, -0.2) is 23.8 Å². The average Bonchev–Trinajstić information content (AvgIpc) is 2.28. The summed E-state index contributed by atoms with van der Waals surface area (Å²) in [6.07, 6.45) is -7.02. The minimum Gasteiger partial charge on any atom is -0.483 e. The Bertz CT molecular complexity index is 402. The highest BCUT2D eigenvalue weighted by molar-refractivity contribution is 7.80. The molecule has 1 aromatic rings. The van der Waals surface area contributed by atoms with Gasteiger partial charge in [0.25, 0.3) is 0 Å². The van der Waals surface area contributed by atoms with Crippen molar-refractivity contribution in [1.82, 2.24) is 0 Å². The second-order valence-electron chi connectivity index (χ2n) is 3.45. The zero-order chi connectivity index (χ0) is 13.8. The molecule has 1 nitrogen and oxygen atoms in total. The number of hydrogen-bond donors (Lipinski definition) is 0. The van der Waals surface area contributed by atoms with Crippen molar-refractivity contribution in [1.29, 1.82) is 0 Å². The van der Waals surface area contributed by atoms with Gasteiger partial charge >= 0.3 is 12.1 Å². The zero-order valence-electron chi connectivity index (χ0n) is 9.01. The molecule has 0 fully saturated rings. The minimum atomic E-state index is -5.56. The Morgan fingerprint density at radius 2 is 1.61 bits per heavy atom. The van der Waals surface area contributed by atoms with Crippen LogP contribution in [0.5, 0.6) is 0 Å². The largest absolute Gasteiger partial charge is 0.483 e. The highest BCUT2D eigenvalue weighted by Crippen LogP contribution is 2.37. The standard InChI is InChI=1S/C11H9F5OS/c12-10(13,11(14,15)16)6-7-17-9(18)8-4-2-1-3-5-8/h1-5H,6-7H2. The van der Waals surface area contributed by atoms with Crippen molar-refractivity contribution < 1.29 is 26.7 Å². The van der Waals surface area contributed by atoms with Crippen LogP contribution in [0.1, 0.15) is 12.0 Å². The van der Waals surface area contributed by atoms with Gasteiger partial charge in [-0.05, 0) is 12.2 Å². The van der Waals surface area contributed by atoms with E-state index < -0.39 is 25.1 Å². The van der Waals surface area contributed by atoms with Crippen LogP contribution in [0.3, 0.4) is 0 Å². The Kier molecular flexibility index (Phi) is 4.61. The Hall–Kier alpha value is -1.24. The molecule has 1 rings (SSSR count). The van der Waals surface area contributed by atoms with E-state index in [1.165, 1.54) is 0 Å². The van der Waals surface area contributed by atoms with E-state index in [-0.39, 0.29) is 5.05 Å². The van der Waals surface area contributed by atoms with Gasteiger partial charge in [0, 0.05) is 5.56 Å². The topological polar surface area (TPSA) is 9.23 Å². The Labute approximate surface area is 106 Å².